The van der Waals surface area contributed by atoms with Gasteiger partial charge < -0.3 is 5.43 Å². The molecule has 0 unspecified atom stereocenters. The molecule has 3 N–H and O–H groups in total. The molecule has 0 amide bonds. The zero-order chi connectivity index (χ0) is 14.0. The van der Waals surface area contributed by atoms with Crippen LogP contribution in [0.25, 0.3) is 0 Å². The summed E-state index contributed by atoms with van der Waals surface area (Å²) in [7, 11) is 1.57. The van der Waals surface area contributed by atoms with Gasteiger partial charge in [0.2, 0.25) is 0 Å². The molecule has 2 aromatic rings. The van der Waals surface area contributed by atoms with E-state index in [0.29, 0.717) is 11.3 Å². The van der Waals surface area contributed by atoms with E-state index in [-0.39, 0.29) is 17.9 Å². The van der Waals surface area contributed by atoms with Gasteiger partial charge in [-0.25, -0.2) is 9.48 Å². The molecule has 2 rings (SSSR count). The summed E-state index contributed by atoms with van der Waals surface area (Å²) in [5, 5.41) is 14.6. The first-order chi connectivity index (χ1) is 9.02. The average Bonchev–Trinajstić information content (AvgIpc) is 2.70. The van der Waals surface area contributed by atoms with Crippen molar-refractivity contribution < 1.29 is 4.92 Å². The van der Waals surface area contributed by atoms with Crippen molar-refractivity contribution >= 4 is 11.4 Å². The highest BCUT2D eigenvalue weighted by Gasteiger charge is 2.12. The van der Waals surface area contributed by atoms with Crippen molar-refractivity contribution in [1.29, 1.82) is 0 Å². The van der Waals surface area contributed by atoms with Gasteiger partial charge >= 0.3 is 5.69 Å². The number of nitrogens with two attached hydrogens (primary N) is 1. The smallest absolute Gasteiger partial charge is 0.324 e. The number of aryl methyl sites for hydroxylation is 1. The Morgan fingerprint density at radius 1 is 1.53 bits per heavy atom. The minimum absolute atomic E-state index is 0.0713. The average molecular weight is 264 g/mol. The van der Waals surface area contributed by atoms with Crippen LogP contribution >= 0.6 is 0 Å². The number of hydrazine groups is 1. The number of hydrogen-bond acceptors (Lipinski definition) is 6. The molecule has 9 nitrogen and oxygen atoms in total. The summed E-state index contributed by atoms with van der Waals surface area (Å²) >= 11 is 0. The molecule has 0 aliphatic heterocycles. The van der Waals surface area contributed by atoms with E-state index >= 15 is 0 Å². The van der Waals surface area contributed by atoms with Crippen molar-refractivity contribution in [3.63, 3.8) is 0 Å². The van der Waals surface area contributed by atoms with Crippen LogP contribution in [0.1, 0.15) is 5.56 Å². The molecule has 0 fully saturated rings. The van der Waals surface area contributed by atoms with E-state index in [9.17, 15) is 14.9 Å². The van der Waals surface area contributed by atoms with Crippen LogP contribution in [0.4, 0.5) is 11.4 Å². The Labute approximate surface area is 107 Å². The summed E-state index contributed by atoms with van der Waals surface area (Å²) in [5.41, 5.74) is 3.07. The van der Waals surface area contributed by atoms with Crippen LogP contribution in [0, 0.1) is 10.1 Å². The summed E-state index contributed by atoms with van der Waals surface area (Å²) in [6, 6.07) is 4.18. The second-order valence-electron chi connectivity index (χ2n) is 3.92. The highest BCUT2D eigenvalue weighted by atomic mass is 16.6. The van der Waals surface area contributed by atoms with E-state index in [4.69, 9.17) is 5.84 Å². The number of nitro groups is 1. The van der Waals surface area contributed by atoms with Crippen molar-refractivity contribution in [3.8, 4) is 0 Å². The van der Waals surface area contributed by atoms with Gasteiger partial charge in [0.25, 0.3) is 5.69 Å². The molecule has 0 aliphatic carbocycles. The number of non-ortho nitro benzene ring substituents is 1. The summed E-state index contributed by atoms with van der Waals surface area (Å²) < 4.78 is 2.51. The Bertz CT molecular complexity index is 674. The van der Waals surface area contributed by atoms with Crippen LogP contribution in [-0.4, -0.2) is 19.3 Å². The molecule has 0 saturated heterocycles. The summed E-state index contributed by atoms with van der Waals surface area (Å²) in [5.74, 6) is 5.34. The number of nitrogens with one attached hydrogen (secondary N) is 1. The van der Waals surface area contributed by atoms with Crippen molar-refractivity contribution in [3.05, 3.63) is 50.7 Å². The lowest BCUT2D eigenvalue weighted by Crippen LogP contribution is -2.24. The Morgan fingerprint density at radius 2 is 2.26 bits per heavy atom. The Morgan fingerprint density at radius 3 is 2.79 bits per heavy atom. The molecule has 1 aromatic heterocycles. The van der Waals surface area contributed by atoms with Gasteiger partial charge in [0.05, 0.1) is 17.2 Å². The highest BCUT2D eigenvalue weighted by Crippen LogP contribution is 2.21. The van der Waals surface area contributed by atoms with E-state index in [1.165, 1.54) is 33.8 Å². The first-order valence-electron chi connectivity index (χ1n) is 5.35. The van der Waals surface area contributed by atoms with Crippen molar-refractivity contribution in [2.75, 3.05) is 5.43 Å². The molecule has 0 atom stereocenters. The lowest BCUT2D eigenvalue weighted by atomic mass is 10.1. The zero-order valence-corrected chi connectivity index (χ0v) is 10.1. The lowest BCUT2D eigenvalue weighted by Gasteiger charge is -2.08. The third-order valence-electron chi connectivity index (χ3n) is 2.66. The SMILES string of the molecule is Cn1cnn(Cc2cc([N+](=O)[O-])ccc2NN)c1=O. The van der Waals surface area contributed by atoms with Gasteiger partial charge in [0, 0.05) is 24.7 Å². The largest absolute Gasteiger partial charge is 0.345 e. The fraction of sp³-hybridized carbons (Fsp3) is 0.200. The van der Waals surface area contributed by atoms with E-state index in [1.807, 2.05) is 0 Å². The molecule has 1 heterocycles. The number of nitro benzene ring substituents is 1. The van der Waals surface area contributed by atoms with E-state index < -0.39 is 4.92 Å². The molecule has 0 spiro atoms. The number of nitrogens with zero attached hydrogens (tertiary/aromatic N) is 4. The number of benzene rings is 1. The van der Waals surface area contributed by atoms with Crippen molar-refractivity contribution in [2.45, 2.75) is 6.54 Å². The quantitative estimate of drug-likeness (QED) is 0.449. The van der Waals surface area contributed by atoms with Crippen molar-refractivity contribution in [1.82, 2.24) is 14.3 Å². The number of nitrogen functional groups attached to an aromatic ring is 1. The maximum atomic E-state index is 11.7. The third kappa shape index (κ3) is 2.45. The first kappa shape index (κ1) is 12.8. The Kier molecular flexibility index (Phi) is 3.29. The zero-order valence-electron chi connectivity index (χ0n) is 10.1. The minimum Gasteiger partial charge on any atom is -0.324 e. The second-order valence-corrected chi connectivity index (χ2v) is 3.92. The summed E-state index contributed by atoms with van der Waals surface area (Å²) in [4.78, 5) is 21.9. The molecule has 0 radical (unpaired) electrons. The van der Waals surface area contributed by atoms with Gasteiger partial charge in [0.1, 0.15) is 6.33 Å². The minimum atomic E-state index is -0.509. The standard InChI is InChI=1S/C10H12N6O3/c1-14-6-12-15(10(14)17)5-7-4-8(16(18)19)2-3-9(7)13-11/h2-4,6,13H,5,11H2,1H3. The first-order valence-corrected chi connectivity index (χ1v) is 5.35. The lowest BCUT2D eigenvalue weighted by molar-refractivity contribution is -0.384. The second kappa shape index (κ2) is 4.90. The number of hydrogen-bond donors (Lipinski definition) is 2. The van der Waals surface area contributed by atoms with E-state index in [1.54, 1.807) is 7.05 Å². The molecule has 0 aliphatic rings. The molecule has 100 valence electrons. The normalized spacial score (nSPS) is 10.4. The third-order valence-corrected chi connectivity index (χ3v) is 2.66. The number of anilines is 1. The molecular weight excluding hydrogens is 252 g/mol. The van der Waals surface area contributed by atoms with Crippen LogP contribution in [0.3, 0.4) is 0 Å². The van der Waals surface area contributed by atoms with Gasteiger partial charge in [-0.1, -0.05) is 0 Å². The topological polar surface area (TPSA) is 121 Å². The fourth-order valence-electron chi connectivity index (χ4n) is 1.66. The Hall–Kier alpha value is -2.68. The van der Waals surface area contributed by atoms with Crippen LogP contribution in [-0.2, 0) is 13.6 Å². The highest BCUT2D eigenvalue weighted by molar-refractivity contribution is 5.55. The van der Waals surface area contributed by atoms with Gasteiger partial charge in [-0.2, -0.15) is 5.10 Å². The van der Waals surface area contributed by atoms with Crippen LogP contribution in [0.15, 0.2) is 29.3 Å². The van der Waals surface area contributed by atoms with Crippen LogP contribution < -0.4 is 17.0 Å². The fourth-order valence-corrected chi connectivity index (χ4v) is 1.66. The number of rotatable bonds is 4. The van der Waals surface area contributed by atoms with Crippen LogP contribution in [0.5, 0.6) is 0 Å². The maximum absolute atomic E-state index is 11.7. The number of aromatic nitrogens is 3. The maximum Gasteiger partial charge on any atom is 0.345 e. The van der Waals surface area contributed by atoms with Gasteiger partial charge in [-0.3, -0.25) is 20.5 Å². The van der Waals surface area contributed by atoms with Crippen molar-refractivity contribution in [2.24, 2.45) is 12.9 Å². The van der Waals surface area contributed by atoms with Gasteiger partial charge in [-0.05, 0) is 6.07 Å². The van der Waals surface area contributed by atoms with Gasteiger partial charge in [0.15, 0.2) is 0 Å². The predicted molar refractivity (Wildman–Crippen MR) is 67.5 cm³/mol. The molecule has 9 heteroatoms. The summed E-state index contributed by atoms with van der Waals surface area (Å²) in [6.45, 7) is 0.0981. The Balaban J connectivity index is 2.43. The monoisotopic (exact) mass is 264 g/mol. The van der Waals surface area contributed by atoms with E-state index in [2.05, 4.69) is 10.5 Å². The molecule has 0 saturated carbocycles. The van der Waals surface area contributed by atoms with Gasteiger partial charge in [-0.15, -0.1) is 0 Å². The molecule has 19 heavy (non-hydrogen) atoms. The molecular formula is C10H12N6O3. The van der Waals surface area contributed by atoms with E-state index in [0.717, 1.165) is 0 Å². The predicted octanol–water partition coefficient (Wildman–Crippen LogP) is -0.176. The van der Waals surface area contributed by atoms with Crippen LogP contribution in [0.2, 0.25) is 0 Å². The summed E-state index contributed by atoms with van der Waals surface area (Å²) in [6.07, 6.45) is 1.37. The molecule has 1 aromatic carbocycles. The molecule has 0 bridgehead atoms.